The predicted octanol–water partition coefficient (Wildman–Crippen LogP) is 3.29. The van der Waals surface area contributed by atoms with E-state index in [4.69, 9.17) is 0 Å². The maximum Gasteiger partial charge on any atom is 0.335 e. The molecule has 4 nitrogen and oxygen atoms in total. The maximum absolute atomic E-state index is 11.2. The molecular formula is C15H22N2O2. The van der Waals surface area contributed by atoms with Crippen LogP contribution in [0.2, 0.25) is 0 Å². The molecule has 2 atom stereocenters. The SMILES string of the molecule is CCC1CC1Nc1cc(C(=O)O)cc(C(C)(C)C)n1. The zero-order valence-corrected chi connectivity index (χ0v) is 12.0. The first-order valence-electron chi connectivity index (χ1n) is 6.83. The summed E-state index contributed by atoms with van der Waals surface area (Å²) in [6, 6.07) is 3.75. The Kier molecular flexibility index (Phi) is 3.52. The quantitative estimate of drug-likeness (QED) is 0.874. The van der Waals surface area contributed by atoms with Crippen LogP contribution in [-0.4, -0.2) is 22.1 Å². The van der Waals surface area contributed by atoms with Gasteiger partial charge in [0.2, 0.25) is 0 Å². The second-order valence-corrected chi connectivity index (χ2v) is 6.34. The molecule has 104 valence electrons. The molecule has 4 heteroatoms. The summed E-state index contributed by atoms with van der Waals surface area (Å²) in [4.78, 5) is 15.8. The van der Waals surface area contributed by atoms with Crippen molar-refractivity contribution in [2.24, 2.45) is 5.92 Å². The average Bonchev–Trinajstić information content (AvgIpc) is 3.05. The molecule has 0 amide bonds. The van der Waals surface area contributed by atoms with Crippen molar-refractivity contribution < 1.29 is 9.90 Å². The summed E-state index contributed by atoms with van der Waals surface area (Å²) in [6.07, 6.45) is 2.31. The van der Waals surface area contributed by atoms with Gasteiger partial charge >= 0.3 is 5.97 Å². The lowest BCUT2D eigenvalue weighted by atomic mass is 9.91. The van der Waals surface area contributed by atoms with Crippen molar-refractivity contribution in [2.75, 3.05) is 5.32 Å². The second-order valence-electron chi connectivity index (χ2n) is 6.34. The van der Waals surface area contributed by atoms with Gasteiger partial charge in [-0.3, -0.25) is 0 Å². The van der Waals surface area contributed by atoms with Gasteiger partial charge in [-0.25, -0.2) is 9.78 Å². The second kappa shape index (κ2) is 4.83. The highest BCUT2D eigenvalue weighted by molar-refractivity contribution is 5.88. The van der Waals surface area contributed by atoms with E-state index in [-0.39, 0.29) is 5.41 Å². The van der Waals surface area contributed by atoms with Gasteiger partial charge in [-0.15, -0.1) is 0 Å². The summed E-state index contributed by atoms with van der Waals surface area (Å²) in [7, 11) is 0. The summed E-state index contributed by atoms with van der Waals surface area (Å²) >= 11 is 0. The number of nitrogens with zero attached hydrogens (tertiary/aromatic N) is 1. The van der Waals surface area contributed by atoms with E-state index in [1.54, 1.807) is 12.1 Å². The molecule has 2 rings (SSSR count). The Morgan fingerprint density at radius 1 is 1.47 bits per heavy atom. The fourth-order valence-electron chi connectivity index (χ4n) is 2.18. The molecule has 0 saturated heterocycles. The van der Waals surface area contributed by atoms with E-state index >= 15 is 0 Å². The smallest absolute Gasteiger partial charge is 0.335 e. The lowest BCUT2D eigenvalue weighted by Crippen LogP contribution is -2.17. The molecule has 1 aliphatic carbocycles. The average molecular weight is 262 g/mol. The number of aromatic carboxylic acids is 1. The standard InChI is InChI=1S/C15H22N2O2/c1-5-9-6-11(9)16-13-8-10(14(18)19)7-12(17-13)15(2,3)4/h7-9,11H,5-6H2,1-4H3,(H,16,17)(H,18,19). The van der Waals surface area contributed by atoms with Crippen molar-refractivity contribution in [1.29, 1.82) is 0 Å². The van der Waals surface area contributed by atoms with E-state index in [2.05, 4.69) is 17.2 Å². The number of carboxylic acids is 1. The van der Waals surface area contributed by atoms with Crippen LogP contribution in [0, 0.1) is 5.92 Å². The van der Waals surface area contributed by atoms with Gasteiger partial charge in [0.05, 0.1) is 5.56 Å². The topological polar surface area (TPSA) is 62.2 Å². The number of pyridine rings is 1. The van der Waals surface area contributed by atoms with Gasteiger partial charge < -0.3 is 10.4 Å². The summed E-state index contributed by atoms with van der Waals surface area (Å²) in [5.41, 5.74) is 0.954. The monoisotopic (exact) mass is 262 g/mol. The lowest BCUT2D eigenvalue weighted by molar-refractivity contribution is 0.0696. The van der Waals surface area contributed by atoms with Crippen LogP contribution in [0.5, 0.6) is 0 Å². The van der Waals surface area contributed by atoms with E-state index in [0.29, 0.717) is 23.3 Å². The van der Waals surface area contributed by atoms with Crippen molar-refractivity contribution in [1.82, 2.24) is 4.98 Å². The molecule has 0 radical (unpaired) electrons. The van der Waals surface area contributed by atoms with Gasteiger partial charge in [-0.2, -0.15) is 0 Å². The third-order valence-electron chi connectivity index (χ3n) is 3.62. The lowest BCUT2D eigenvalue weighted by Gasteiger charge is -2.19. The summed E-state index contributed by atoms with van der Waals surface area (Å²) < 4.78 is 0. The van der Waals surface area contributed by atoms with Gasteiger partial charge in [-0.05, 0) is 24.5 Å². The molecule has 2 N–H and O–H groups in total. The van der Waals surface area contributed by atoms with Gasteiger partial charge in [0, 0.05) is 17.2 Å². The van der Waals surface area contributed by atoms with Crippen LogP contribution in [-0.2, 0) is 5.41 Å². The first-order valence-corrected chi connectivity index (χ1v) is 6.83. The van der Waals surface area contributed by atoms with Crippen molar-refractivity contribution >= 4 is 11.8 Å². The Morgan fingerprint density at radius 3 is 2.63 bits per heavy atom. The highest BCUT2D eigenvalue weighted by Gasteiger charge is 2.35. The van der Waals surface area contributed by atoms with Crippen LogP contribution in [0.1, 0.15) is 56.6 Å². The van der Waals surface area contributed by atoms with Crippen molar-refractivity contribution in [2.45, 2.75) is 52.0 Å². The van der Waals surface area contributed by atoms with E-state index in [1.807, 2.05) is 20.8 Å². The number of hydrogen-bond acceptors (Lipinski definition) is 3. The molecule has 2 unspecified atom stereocenters. The normalized spacial score (nSPS) is 22.1. The number of hydrogen-bond donors (Lipinski definition) is 2. The predicted molar refractivity (Wildman–Crippen MR) is 75.7 cm³/mol. The Labute approximate surface area is 114 Å². The first kappa shape index (κ1) is 13.8. The van der Waals surface area contributed by atoms with Crippen LogP contribution in [0.4, 0.5) is 5.82 Å². The molecule has 1 heterocycles. The van der Waals surface area contributed by atoms with Gasteiger partial charge in [0.15, 0.2) is 0 Å². The molecule has 1 aliphatic rings. The number of rotatable bonds is 4. The fourth-order valence-corrected chi connectivity index (χ4v) is 2.18. The molecule has 0 aliphatic heterocycles. The van der Waals surface area contributed by atoms with Crippen LogP contribution >= 0.6 is 0 Å². The largest absolute Gasteiger partial charge is 0.478 e. The van der Waals surface area contributed by atoms with Gasteiger partial charge in [0.25, 0.3) is 0 Å². The minimum Gasteiger partial charge on any atom is -0.478 e. The summed E-state index contributed by atoms with van der Waals surface area (Å²) in [6.45, 7) is 8.29. The number of anilines is 1. The summed E-state index contributed by atoms with van der Waals surface area (Å²) in [5.74, 6) is 0.484. The molecule has 1 saturated carbocycles. The molecule has 0 spiro atoms. The maximum atomic E-state index is 11.2. The van der Waals surface area contributed by atoms with Crippen molar-refractivity contribution in [3.63, 3.8) is 0 Å². The molecule has 0 aromatic carbocycles. The Balaban J connectivity index is 2.27. The van der Waals surface area contributed by atoms with Gasteiger partial charge in [0.1, 0.15) is 5.82 Å². The van der Waals surface area contributed by atoms with E-state index in [9.17, 15) is 9.90 Å². The Bertz CT molecular complexity index is 491. The zero-order valence-electron chi connectivity index (χ0n) is 12.0. The molecule has 0 bridgehead atoms. The molecule has 19 heavy (non-hydrogen) atoms. The Morgan fingerprint density at radius 2 is 2.16 bits per heavy atom. The molecule has 1 aromatic rings. The number of carbonyl (C=O) groups is 1. The van der Waals surface area contributed by atoms with Crippen molar-refractivity contribution in [3.05, 3.63) is 23.4 Å². The Hall–Kier alpha value is -1.58. The number of aromatic nitrogens is 1. The van der Waals surface area contributed by atoms with Gasteiger partial charge in [-0.1, -0.05) is 34.1 Å². The molecule has 1 aromatic heterocycles. The first-order chi connectivity index (χ1) is 8.81. The van der Waals surface area contributed by atoms with Crippen LogP contribution in [0.3, 0.4) is 0 Å². The van der Waals surface area contributed by atoms with Crippen molar-refractivity contribution in [3.8, 4) is 0 Å². The van der Waals surface area contributed by atoms with E-state index < -0.39 is 5.97 Å². The molecule has 1 fully saturated rings. The third-order valence-corrected chi connectivity index (χ3v) is 3.62. The molecular weight excluding hydrogens is 240 g/mol. The minimum atomic E-state index is -0.904. The van der Waals surface area contributed by atoms with Crippen LogP contribution < -0.4 is 5.32 Å². The summed E-state index contributed by atoms with van der Waals surface area (Å²) in [5, 5.41) is 12.5. The number of carboxylic acid groups (broad SMARTS) is 1. The highest BCUT2D eigenvalue weighted by Crippen LogP contribution is 2.36. The zero-order chi connectivity index (χ0) is 14.2. The van der Waals surface area contributed by atoms with E-state index in [0.717, 1.165) is 18.5 Å². The minimum absolute atomic E-state index is 0.157. The number of nitrogens with one attached hydrogen (secondary N) is 1. The van der Waals surface area contributed by atoms with Crippen LogP contribution in [0.15, 0.2) is 12.1 Å². The third kappa shape index (κ3) is 3.25. The van der Waals surface area contributed by atoms with E-state index in [1.165, 1.54) is 0 Å². The van der Waals surface area contributed by atoms with Crippen LogP contribution in [0.25, 0.3) is 0 Å². The highest BCUT2D eigenvalue weighted by atomic mass is 16.4. The fraction of sp³-hybridized carbons (Fsp3) is 0.600.